The summed E-state index contributed by atoms with van der Waals surface area (Å²) in [6, 6.07) is 8.14. The second kappa shape index (κ2) is 3.40. The molecule has 2 aromatic rings. The lowest BCUT2D eigenvalue weighted by Crippen LogP contribution is -1.85. The number of thiophene rings is 1. The molecule has 0 aliphatic heterocycles. The maximum atomic E-state index is 9.49. The van der Waals surface area contributed by atoms with E-state index in [0.29, 0.717) is 0 Å². The van der Waals surface area contributed by atoms with E-state index in [0.717, 1.165) is 9.35 Å². The standard InChI is InChI=1S/C10H9BrOS/c1-6(12)10-9(11)7-4-2-3-5-8(7)13-10/h2-6,12H,1H3. The van der Waals surface area contributed by atoms with Crippen molar-refractivity contribution in [2.75, 3.05) is 0 Å². The molecule has 0 saturated carbocycles. The highest BCUT2D eigenvalue weighted by molar-refractivity contribution is 9.10. The smallest absolute Gasteiger partial charge is 0.0865 e. The van der Waals surface area contributed by atoms with Crippen molar-refractivity contribution in [1.29, 1.82) is 0 Å². The number of aliphatic hydroxyl groups is 1. The van der Waals surface area contributed by atoms with Crippen molar-refractivity contribution in [2.45, 2.75) is 13.0 Å². The van der Waals surface area contributed by atoms with E-state index in [9.17, 15) is 5.11 Å². The van der Waals surface area contributed by atoms with Crippen LogP contribution in [0.2, 0.25) is 0 Å². The van der Waals surface area contributed by atoms with Crippen LogP contribution in [0.4, 0.5) is 0 Å². The van der Waals surface area contributed by atoms with Gasteiger partial charge in [0, 0.05) is 19.4 Å². The van der Waals surface area contributed by atoms with Gasteiger partial charge in [0.25, 0.3) is 0 Å². The fourth-order valence-corrected chi connectivity index (χ4v) is 3.39. The third kappa shape index (κ3) is 1.52. The number of hydrogen-bond acceptors (Lipinski definition) is 2. The highest BCUT2D eigenvalue weighted by Gasteiger charge is 2.12. The van der Waals surface area contributed by atoms with Crippen LogP contribution in [-0.2, 0) is 0 Å². The van der Waals surface area contributed by atoms with Gasteiger partial charge in [-0.15, -0.1) is 11.3 Å². The highest BCUT2D eigenvalue weighted by atomic mass is 79.9. The number of hydrogen-bond donors (Lipinski definition) is 1. The molecule has 0 aliphatic carbocycles. The molecule has 0 spiro atoms. The zero-order valence-corrected chi connectivity index (χ0v) is 9.52. The summed E-state index contributed by atoms with van der Waals surface area (Å²) >= 11 is 5.14. The lowest BCUT2D eigenvalue weighted by atomic mass is 10.2. The molecule has 3 heteroatoms. The van der Waals surface area contributed by atoms with Gasteiger partial charge in [0.1, 0.15) is 0 Å². The molecule has 0 amide bonds. The first-order valence-corrected chi connectivity index (χ1v) is 5.66. The largest absolute Gasteiger partial charge is 0.388 e. The van der Waals surface area contributed by atoms with Crippen LogP contribution in [0, 0.1) is 0 Å². The minimum atomic E-state index is -0.397. The van der Waals surface area contributed by atoms with Gasteiger partial charge in [0.15, 0.2) is 0 Å². The first-order valence-electron chi connectivity index (χ1n) is 4.05. The van der Waals surface area contributed by atoms with E-state index >= 15 is 0 Å². The minimum absolute atomic E-state index is 0.397. The molecular weight excluding hydrogens is 248 g/mol. The molecule has 0 aliphatic rings. The van der Waals surface area contributed by atoms with Gasteiger partial charge < -0.3 is 5.11 Å². The fraction of sp³-hybridized carbons (Fsp3) is 0.200. The SMILES string of the molecule is CC(O)c1sc2ccccc2c1Br. The Hall–Kier alpha value is -0.380. The molecule has 1 atom stereocenters. The van der Waals surface area contributed by atoms with Crippen LogP contribution in [0.15, 0.2) is 28.7 Å². The Kier molecular flexibility index (Phi) is 2.41. The van der Waals surface area contributed by atoms with Gasteiger partial charge >= 0.3 is 0 Å². The molecule has 2 rings (SSSR count). The summed E-state index contributed by atoms with van der Waals surface area (Å²) in [5.74, 6) is 0. The fourth-order valence-electron chi connectivity index (χ4n) is 1.30. The molecule has 68 valence electrons. The van der Waals surface area contributed by atoms with Crippen LogP contribution in [0.25, 0.3) is 10.1 Å². The van der Waals surface area contributed by atoms with Crippen LogP contribution in [0.3, 0.4) is 0 Å². The van der Waals surface area contributed by atoms with Gasteiger partial charge in [-0.25, -0.2) is 0 Å². The van der Waals surface area contributed by atoms with Crippen LogP contribution < -0.4 is 0 Å². The van der Waals surface area contributed by atoms with E-state index in [1.807, 2.05) is 12.1 Å². The average Bonchev–Trinajstić information content (AvgIpc) is 2.45. The highest BCUT2D eigenvalue weighted by Crippen LogP contribution is 2.38. The molecule has 0 bridgehead atoms. The van der Waals surface area contributed by atoms with Crippen molar-refractivity contribution in [3.8, 4) is 0 Å². The van der Waals surface area contributed by atoms with Gasteiger partial charge in [0.2, 0.25) is 0 Å². The quantitative estimate of drug-likeness (QED) is 0.825. The van der Waals surface area contributed by atoms with Gasteiger partial charge in [-0.2, -0.15) is 0 Å². The van der Waals surface area contributed by atoms with Crippen LogP contribution in [-0.4, -0.2) is 5.11 Å². The first kappa shape index (κ1) is 9.19. The predicted molar refractivity (Wildman–Crippen MR) is 60.2 cm³/mol. The number of halogens is 1. The molecule has 1 N–H and O–H groups in total. The molecule has 1 nitrogen and oxygen atoms in total. The van der Waals surface area contributed by atoms with E-state index in [1.165, 1.54) is 10.1 Å². The lowest BCUT2D eigenvalue weighted by Gasteiger charge is -1.99. The zero-order chi connectivity index (χ0) is 9.42. The van der Waals surface area contributed by atoms with Crippen molar-refractivity contribution >= 4 is 37.4 Å². The first-order chi connectivity index (χ1) is 6.20. The molecule has 13 heavy (non-hydrogen) atoms. The molecule has 1 aromatic heterocycles. The number of benzene rings is 1. The average molecular weight is 257 g/mol. The van der Waals surface area contributed by atoms with Crippen LogP contribution in [0.1, 0.15) is 17.9 Å². The summed E-state index contributed by atoms with van der Waals surface area (Å²) in [6.07, 6.45) is -0.397. The maximum Gasteiger partial charge on any atom is 0.0865 e. The Bertz CT molecular complexity index is 433. The zero-order valence-electron chi connectivity index (χ0n) is 7.12. The van der Waals surface area contributed by atoms with Crippen molar-refractivity contribution in [2.24, 2.45) is 0 Å². The van der Waals surface area contributed by atoms with E-state index in [-0.39, 0.29) is 0 Å². The van der Waals surface area contributed by atoms with Crippen molar-refractivity contribution in [1.82, 2.24) is 0 Å². The number of fused-ring (bicyclic) bond motifs is 1. The van der Waals surface area contributed by atoms with E-state index in [4.69, 9.17) is 0 Å². The second-order valence-electron chi connectivity index (χ2n) is 2.95. The molecule has 0 fully saturated rings. The van der Waals surface area contributed by atoms with Crippen molar-refractivity contribution < 1.29 is 5.11 Å². The predicted octanol–water partition coefficient (Wildman–Crippen LogP) is 3.72. The lowest BCUT2D eigenvalue weighted by molar-refractivity contribution is 0.202. The molecular formula is C10H9BrOS. The summed E-state index contributed by atoms with van der Waals surface area (Å²) < 4.78 is 2.24. The minimum Gasteiger partial charge on any atom is -0.388 e. The Balaban J connectivity index is 2.74. The molecule has 1 unspecified atom stereocenters. The summed E-state index contributed by atoms with van der Waals surface area (Å²) in [5, 5.41) is 10.7. The molecule has 1 heterocycles. The Labute approximate surface area is 89.1 Å². The molecule has 1 aromatic carbocycles. The van der Waals surface area contributed by atoms with Crippen LogP contribution in [0.5, 0.6) is 0 Å². The number of rotatable bonds is 1. The summed E-state index contributed by atoms with van der Waals surface area (Å²) in [6.45, 7) is 1.79. The van der Waals surface area contributed by atoms with E-state index < -0.39 is 6.10 Å². The summed E-state index contributed by atoms with van der Waals surface area (Å²) in [7, 11) is 0. The second-order valence-corrected chi connectivity index (χ2v) is 4.83. The van der Waals surface area contributed by atoms with Gasteiger partial charge in [-0.3, -0.25) is 0 Å². The normalized spacial score (nSPS) is 13.5. The molecule has 0 radical (unpaired) electrons. The van der Waals surface area contributed by atoms with E-state index in [1.54, 1.807) is 18.3 Å². The number of aliphatic hydroxyl groups excluding tert-OH is 1. The Morgan fingerprint density at radius 2 is 2.08 bits per heavy atom. The summed E-state index contributed by atoms with van der Waals surface area (Å²) in [5.41, 5.74) is 0. The topological polar surface area (TPSA) is 20.2 Å². The van der Waals surface area contributed by atoms with Crippen molar-refractivity contribution in [3.63, 3.8) is 0 Å². The van der Waals surface area contributed by atoms with Crippen molar-refractivity contribution in [3.05, 3.63) is 33.6 Å². The van der Waals surface area contributed by atoms with Crippen LogP contribution >= 0.6 is 27.3 Å². The maximum absolute atomic E-state index is 9.49. The summed E-state index contributed by atoms with van der Waals surface area (Å²) in [4.78, 5) is 1.00. The van der Waals surface area contributed by atoms with Gasteiger partial charge in [-0.1, -0.05) is 18.2 Å². The monoisotopic (exact) mass is 256 g/mol. The van der Waals surface area contributed by atoms with E-state index in [2.05, 4.69) is 28.1 Å². The van der Waals surface area contributed by atoms with Gasteiger partial charge in [-0.05, 0) is 28.9 Å². The molecule has 0 saturated heterocycles. The Morgan fingerprint density at radius 1 is 1.38 bits per heavy atom. The third-order valence-electron chi connectivity index (χ3n) is 1.94. The van der Waals surface area contributed by atoms with Gasteiger partial charge in [0.05, 0.1) is 6.10 Å². The third-order valence-corrected chi connectivity index (χ3v) is 4.40. The Morgan fingerprint density at radius 3 is 2.69 bits per heavy atom.